The first-order chi connectivity index (χ1) is 9.11. The smallest absolute Gasteiger partial charge is 0.217 e. The fourth-order valence-electron chi connectivity index (χ4n) is 1.74. The van der Waals surface area contributed by atoms with E-state index in [2.05, 4.69) is 12.2 Å². The number of rotatable bonds is 12. The van der Waals surface area contributed by atoms with E-state index in [4.69, 9.17) is 11.6 Å². The molecule has 0 bridgehead atoms. The first kappa shape index (κ1) is 18.8. The molecule has 0 aromatic carbocycles. The van der Waals surface area contributed by atoms with Gasteiger partial charge in [-0.15, -0.1) is 11.6 Å². The minimum Gasteiger partial charge on any atom is -0.346 e. The van der Waals surface area contributed by atoms with Crippen LogP contribution in [0, 0.1) is 0 Å². The number of nitrogens with one attached hydrogen (secondary N) is 1. The van der Waals surface area contributed by atoms with Gasteiger partial charge < -0.3 is 5.32 Å². The maximum Gasteiger partial charge on any atom is 0.217 e. The summed E-state index contributed by atoms with van der Waals surface area (Å²) < 4.78 is 0. The molecule has 0 fully saturated rings. The highest BCUT2D eigenvalue weighted by molar-refractivity contribution is 7.99. The third kappa shape index (κ3) is 11.3. The molecule has 19 heavy (non-hydrogen) atoms. The molecule has 0 saturated heterocycles. The van der Waals surface area contributed by atoms with Crippen LogP contribution in [0.2, 0.25) is 0 Å². The van der Waals surface area contributed by atoms with Crippen LogP contribution >= 0.6 is 23.4 Å². The van der Waals surface area contributed by atoms with E-state index in [0.717, 1.165) is 5.75 Å². The van der Waals surface area contributed by atoms with Gasteiger partial charge in [0, 0.05) is 12.7 Å². The van der Waals surface area contributed by atoms with E-state index in [1.807, 2.05) is 0 Å². The van der Waals surface area contributed by atoms with Gasteiger partial charge in [-0.05, 0) is 12.2 Å². The monoisotopic (exact) mass is 307 g/mol. The van der Waals surface area contributed by atoms with E-state index < -0.39 is 6.04 Å². The molecule has 0 spiro atoms. The Morgan fingerprint density at radius 2 is 1.79 bits per heavy atom. The average Bonchev–Trinajstić information content (AvgIpc) is 2.39. The number of carbonyl (C=O) groups excluding carboxylic acids is 2. The van der Waals surface area contributed by atoms with Crippen LogP contribution in [-0.2, 0) is 9.59 Å². The quantitative estimate of drug-likeness (QED) is 0.444. The Labute approximate surface area is 126 Å². The number of carbonyl (C=O) groups is 2. The number of halogens is 1. The summed E-state index contributed by atoms with van der Waals surface area (Å²) in [7, 11) is 0. The second-order valence-corrected chi connectivity index (χ2v) is 6.11. The highest BCUT2D eigenvalue weighted by Gasteiger charge is 2.17. The van der Waals surface area contributed by atoms with E-state index >= 15 is 0 Å². The van der Waals surface area contributed by atoms with Gasteiger partial charge in [-0.3, -0.25) is 9.59 Å². The summed E-state index contributed by atoms with van der Waals surface area (Å²) in [6.07, 6.45) is 7.64. The van der Waals surface area contributed by atoms with E-state index in [1.54, 1.807) is 11.8 Å². The minimum atomic E-state index is -0.430. The Kier molecular flexibility index (Phi) is 12.6. The molecule has 0 aromatic rings. The topological polar surface area (TPSA) is 46.2 Å². The molecule has 112 valence electrons. The van der Waals surface area contributed by atoms with Gasteiger partial charge in [0.25, 0.3) is 0 Å². The molecule has 0 aliphatic carbocycles. The lowest BCUT2D eigenvalue weighted by Crippen LogP contribution is -2.42. The van der Waals surface area contributed by atoms with Crippen LogP contribution in [0.5, 0.6) is 0 Å². The molecule has 0 aliphatic heterocycles. The molecule has 1 N–H and O–H groups in total. The highest BCUT2D eigenvalue weighted by Crippen LogP contribution is 2.11. The van der Waals surface area contributed by atoms with Crippen molar-refractivity contribution in [2.24, 2.45) is 0 Å². The molecule has 0 saturated carbocycles. The highest BCUT2D eigenvalue weighted by atomic mass is 35.5. The zero-order valence-corrected chi connectivity index (χ0v) is 13.6. The summed E-state index contributed by atoms with van der Waals surface area (Å²) >= 11 is 7.25. The predicted molar refractivity (Wildman–Crippen MR) is 84.0 cm³/mol. The molecular weight excluding hydrogens is 282 g/mol. The van der Waals surface area contributed by atoms with Gasteiger partial charge in [-0.25, -0.2) is 0 Å². The zero-order chi connectivity index (χ0) is 14.5. The Hall–Kier alpha value is -0.220. The van der Waals surface area contributed by atoms with Crippen LogP contribution in [0.25, 0.3) is 0 Å². The maximum absolute atomic E-state index is 11.5. The summed E-state index contributed by atoms with van der Waals surface area (Å²) in [4.78, 5) is 22.5. The Bertz CT molecular complexity index is 262. The number of ketones is 1. The second-order valence-electron chi connectivity index (χ2n) is 4.70. The largest absolute Gasteiger partial charge is 0.346 e. The average molecular weight is 308 g/mol. The van der Waals surface area contributed by atoms with Gasteiger partial charge in [-0.1, -0.05) is 39.0 Å². The molecule has 0 aliphatic rings. The summed E-state index contributed by atoms with van der Waals surface area (Å²) in [6.45, 7) is 3.64. The van der Waals surface area contributed by atoms with Gasteiger partial charge in [0.05, 0.1) is 11.9 Å². The number of hydrogen-bond acceptors (Lipinski definition) is 3. The number of thioether (sulfide) groups is 1. The first-order valence-electron chi connectivity index (χ1n) is 7.05. The van der Waals surface area contributed by atoms with Gasteiger partial charge >= 0.3 is 0 Å². The van der Waals surface area contributed by atoms with Crippen molar-refractivity contribution in [3.63, 3.8) is 0 Å². The SMILES string of the molecule is CCCCCCCCSC[C@H](NC(C)=O)C(=O)CCl. The lowest BCUT2D eigenvalue weighted by molar-refractivity contribution is -0.124. The lowest BCUT2D eigenvalue weighted by atomic mass is 10.1. The Morgan fingerprint density at radius 3 is 2.37 bits per heavy atom. The van der Waals surface area contributed by atoms with E-state index in [-0.39, 0.29) is 17.6 Å². The number of hydrogen-bond donors (Lipinski definition) is 1. The number of amides is 1. The van der Waals surface area contributed by atoms with E-state index in [0.29, 0.717) is 5.75 Å². The fourth-order valence-corrected chi connectivity index (χ4v) is 3.01. The lowest BCUT2D eigenvalue weighted by Gasteiger charge is -2.15. The summed E-state index contributed by atoms with van der Waals surface area (Å²) in [5.41, 5.74) is 0. The van der Waals surface area contributed by atoms with E-state index in [1.165, 1.54) is 45.4 Å². The zero-order valence-electron chi connectivity index (χ0n) is 12.0. The minimum absolute atomic E-state index is 0.0392. The van der Waals surface area contributed by atoms with Gasteiger partial charge in [0.15, 0.2) is 5.78 Å². The van der Waals surface area contributed by atoms with Crippen LogP contribution in [0.3, 0.4) is 0 Å². The molecule has 0 unspecified atom stereocenters. The van der Waals surface area contributed by atoms with Crippen LogP contribution in [-0.4, -0.2) is 35.1 Å². The molecule has 3 nitrogen and oxygen atoms in total. The molecule has 0 radical (unpaired) electrons. The van der Waals surface area contributed by atoms with Crippen molar-refractivity contribution in [3.05, 3.63) is 0 Å². The van der Waals surface area contributed by atoms with Crippen LogP contribution in [0.1, 0.15) is 52.4 Å². The predicted octanol–water partition coefficient (Wildman–Crippen LogP) is 3.39. The third-order valence-electron chi connectivity index (χ3n) is 2.82. The Morgan fingerprint density at radius 1 is 1.16 bits per heavy atom. The van der Waals surface area contributed by atoms with Crippen LogP contribution in [0.4, 0.5) is 0 Å². The van der Waals surface area contributed by atoms with E-state index in [9.17, 15) is 9.59 Å². The number of alkyl halides is 1. The van der Waals surface area contributed by atoms with Crippen molar-refractivity contribution in [1.82, 2.24) is 5.32 Å². The third-order valence-corrected chi connectivity index (χ3v) is 4.23. The molecule has 1 amide bonds. The van der Waals surface area contributed by atoms with Crippen molar-refractivity contribution in [1.29, 1.82) is 0 Å². The molecule has 1 atom stereocenters. The van der Waals surface area contributed by atoms with Crippen molar-refractivity contribution in [2.45, 2.75) is 58.4 Å². The summed E-state index contributed by atoms with van der Waals surface area (Å²) in [5.74, 6) is 1.34. The Balaban J connectivity index is 3.63. The molecule has 0 heterocycles. The van der Waals surface area contributed by atoms with Crippen LogP contribution in [0.15, 0.2) is 0 Å². The van der Waals surface area contributed by atoms with Crippen molar-refractivity contribution in [2.75, 3.05) is 17.4 Å². The molecule has 0 rings (SSSR count). The molecule has 5 heteroatoms. The summed E-state index contributed by atoms with van der Waals surface area (Å²) in [6, 6.07) is -0.430. The second kappa shape index (κ2) is 12.8. The van der Waals surface area contributed by atoms with Crippen molar-refractivity contribution < 1.29 is 9.59 Å². The van der Waals surface area contributed by atoms with Gasteiger partial charge in [-0.2, -0.15) is 11.8 Å². The fraction of sp³-hybridized carbons (Fsp3) is 0.857. The van der Waals surface area contributed by atoms with Crippen molar-refractivity contribution >= 4 is 35.1 Å². The maximum atomic E-state index is 11.5. The van der Waals surface area contributed by atoms with Gasteiger partial charge in [0.2, 0.25) is 5.91 Å². The van der Waals surface area contributed by atoms with Crippen molar-refractivity contribution in [3.8, 4) is 0 Å². The first-order valence-corrected chi connectivity index (χ1v) is 8.74. The van der Waals surface area contributed by atoms with Gasteiger partial charge in [0.1, 0.15) is 0 Å². The number of Topliss-reactive ketones (excluding diaryl/α,β-unsaturated/α-hetero) is 1. The normalized spacial score (nSPS) is 12.2. The standard InChI is InChI=1S/C14H26ClNO2S/c1-3-4-5-6-7-8-9-19-11-13(14(18)10-15)16-12(2)17/h13H,3-11H2,1-2H3,(H,16,17)/t13-/m0/s1. The summed E-state index contributed by atoms with van der Waals surface area (Å²) in [5, 5.41) is 2.66. The number of unbranched alkanes of at least 4 members (excludes halogenated alkanes) is 5. The molecular formula is C14H26ClNO2S. The molecule has 0 aromatic heterocycles. The van der Waals surface area contributed by atoms with Crippen LogP contribution < -0.4 is 5.32 Å².